The highest BCUT2D eigenvalue weighted by Crippen LogP contribution is 2.31. The van der Waals surface area contributed by atoms with Gasteiger partial charge in [0.15, 0.2) is 11.5 Å². The Balaban J connectivity index is 1.69. The number of hydrogen-bond acceptors (Lipinski definition) is 5. The van der Waals surface area contributed by atoms with Crippen LogP contribution < -0.4 is 0 Å². The lowest BCUT2D eigenvalue weighted by atomic mass is 10.2. The van der Waals surface area contributed by atoms with Gasteiger partial charge in [-0.05, 0) is 0 Å². The lowest BCUT2D eigenvalue weighted by molar-refractivity contribution is 0.0457. The molecule has 0 fully saturated rings. The van der Waals surface area contributed by atoms with Crippen LogP contribution in [0, 0.1) is 0 Å². The van der Waals surface area contributed by atoms with Crippen LogP contribution in [0.3, 0.4) is 0 Å². The zero-order valence-corrected chi connectivity index (χ0v) is 14.3. The number of benzene rings is 1. The van der Waals surface area contributed by atoms with Crippen molar-refractivity contribution in [3.05, 3.63) is 69.1 Å². The number of nitrogens with zero attached hydrogens (tertiary/aromatic N) is 2. The van der Waals surface area contributed by atoms with E-state index in [-0.39, 0.29) is 27.4 Å². The lowest BCUT2D eigenvalue weighted by Gasteiger charge is -2.05. The summed E-state index contributed by atoms with van der Waals surface area (Å²) in [5.74, 6) is -0.157. The number of rotatable bonds is 4. The highest BCUT2D eigenvalue weighted by Gasteiger charge is 2.19. The van der Waals surface area contributed by atoms with E-state index >= 15 is 0 Å². The average Bonchev–Trinajstić information content (AvgIpc) is 3.07. The van der Waals surface area contributed by atoms with Gasteiger partial charge in [-0.1, -0.05) is 70.3 Å². The first-order chi connectivity index (χ1) is 11.6. The van der Waals surface area contributed by atoms with E-state index < -0.39 is 5.97 Å². The third kappa shape index (κ3) is 3.53. The Labute approximate surface area is 152 Å². The molecule has 0 unspecified atom stereocenters. The van der Waals surface area contributed by atoms with Gasteiger partial charge in [0.2, 0.25) is 0 Å². The van der Waals surface area contributed by atoms with Gasteiger partial charge >= 0.3 is 5.97 Å². The molecule has 0 saturated carbocycles. The van der Waals surface area contributed by atoms with E-state index in [0.29, 0.717) is 11.5 Å². The van der Waals surface area contributed by atoms with Crippen molar-refractivity contribution in [2.45, 2.75) is 6.61 Å². The predicted molar refractivity (Wildman–Crippen MR) is 90.3 cm³/mol. The number of esters is 1. The van der Waals surface area contributed by atoms with Crippen LogP contribution in [0.15, 0.2) is 47.1 Å². The summed E-state index contributed by atoms with van der Waals surface area (Å²) in [5, 5.41) is 4.01. The molecule has 8 heteroatoms. The van der Waals surface area contributed by atoms with Gasteiger partial charge in [-0.15, -0.1) is 0 Å². The first-order valence-corrected chi connectivity index (χ1v) is 7.87. The molecular weight excluding hydrogens is 375 g/mol. The number of hydrogen-bond donors (Lipinski definition) is 0. The van der Waals surface area contributed by atoms with Crippen molar-refractivity contribution in [3.8, 4) is 11.3 Å². The van der Waals surface area contributed by atoms with Gasteiger partial charge in [-0.3, -0.25) is 0 Å². The minimum absolute atomic E-state index is 0.0492. The summed E-state index contributed by atoms with van der Waals surface area (Å²) in [7, 11) is 0. The zero-order valence-electron chi connectivity index (χ0n) is 12.0. The summed E-state index contributed by atoms with van der Waals surface area (Å²) in [5.41, 5.74) is 1.22. The van der Waals surface area contributed by atoms with Crippen molar-refractivity contribution in [3.63, 3.8) is 0 Å². The molecule has 0 bridgehead atoms. The van der Waals surface area contributed by atoms with Gasteiger partial charge in [0.25, 0.3) is 0 Å². The Morgan fingerprint density at radius 2 is 1.88 bits per heavy atom. The summed E-state index contributed by atoms with van der Waals surface area (Å²) in [6.45, 7) is -0.0899. The van der Waals surface area contributed by atoms with Crippen molar-refractivity contribution in [1.82, 2.24) is 10.1 Å². The van der Waals surface area contributed by atoms with Crippen molar-refractivity contribution in [1.29, 1.82) is 0 Å². The third-order valence-electron chi connectivity index (χ3n) is 3.08. The fraction of sp³-hybridized carbons (Fsp3) is 0.0625. The Hall–Kier alpha value is -2.08. The molecule has 122 valence electrons. The summed E-state index contributed by atoms with van der Waals surface area (Å²) < 4.78 is 10.4. The van der Waals surface area contributed by atoms with E-state index in [1.54, 1.807) is 6.07 Å². The van der Waals surface area contributed by atoms with E-state index in [2.05, 4.69) is 10.1 Å². The SMILES string of the molecule is O=C(OCc1cc(-c2ccccc2)on1)c1ncc(Cl)c(Cl)c1Cl. The fourth-order valence-electron chi connectivity index (χ4n) is 1.91. The lowest BCUT2D eigenvalue weighted by Crippen LogP contribution is -2.08. The normalized spacial score (nSPS) is 10.6. The maximum atomic E-state index is 12.0. The molecule has 0 radical (unpaired) electrons. The number of ether oxygens (including phenoxy) is 1. The minimum atomic E-state index is -0.733. The molecule has 2 aromatic heterocycles. The van der Waals surface area contributed by atoms with Crippen LogP contribution in [0.25, 0.3) is 11.3 Å². The summed E-state index contributed by atoms with van der Waals surface area (Å²) in [4.78, 5) is 15.9. The standard InChI is InChI=1S/C16H9Cl3N2O3/c17-11-7-20-15(14(19)13(11)18)16(22)23-8-10-6-12(24-21-10)9-4-2-1-3-5-9/h1-7H,8H2. The molecule has 0 spiro atoms. The summed E-state index contributed by atoms with van der Waals surface area (Å²) >= 11 is 17.6. The van der Waals surface area contributed by atoms with Gasteiger partial charge in [-0.2, -0.15) is 0 Å². The minimum Gasteiger partial charge on any atom is -0.454 e. The molecule has 24 heavy (non-hydrogen) atoms. The maximum absolute atomic E-state index is 12.0. The summed E-state index contributed by atoms with van der Waals surface area (Å²) in [6, 6.07) is 11.1. The second-order valence-electron chi connectivity index (χ2n) is 4.71. The molecule has 1 aromatic carbocycles. The molecule has 0 atom stereocenters. The average molecular weight is 384 g/mol. The van der Waals surface area contributed by atoms with E-state index in [9.17, 15) is 4.79 Å². The largest absolute Gasteiger partial charge is 0.454 e. The van der Waals surface area contributed by atoms with Crippen LogP contribution in [-0.2, 0) is 11.3 Å². The van der Waals surface area contributed by atoms with E-state index in [1.807, 2.05) is 30.3 Å². The molecule has 0 aliphatic carbocycles. The number of carbonyl (C=O) groups excluding carboxylic acids is 1. The molecule has 0 aliphatic heterocycles. The number of halogens is 3. The quantitative estimate of drug-likeness (QED) is 0.590. The smallest absolute Gasteiger partial charge is 0.358 e. The number of aromatic nitrogens is 2. The molecule has 3 rings (SSSR count). The zero-order chi connectivity index (χ0) is 17.1. The third-order valence-corrected chi connectivity index (χ3v) is 4.32. The molecule has 5 nitrogen and oxygen atoms in total. The molecule has 0 aliphatic rings. The predicted octanol–water partition coefficient (Wildman–Crippen LogP) is 5.05. The highest BCUT2D eigenvalue weighted by atomic mass is 35.5. The Bertz CT molecular complexity index is 882. The maximum Gasteiger partial charge on any atom is 0.358 e. The molecule has 0 amide bonds. The van der Waals surface area contributed by atoms with Crippen molar-refractivity contribution in [2.24, 2.45) is 0 Å². The van der Waals surface area contributed by atoms with Crippen LogP contribution in [0.2, 0.25) is 15.1 Å². The molecule has 3 aromatic rings. The molecule has 0 N–H and O–H groups in total. The van der Waals surface area contributed by atoms with E-state index in [1.165, 1.54) is 6.20 Å². The van der Waals surface area contributed by atoms with Gasteiger partial charge in [-0.25, -0.2) is 9.78 Å². The monoisotopic (exact) mass is 382 g/mol. The molecule has 2 heterocycles. The van der Waals surface area contributed by atoms with Crippen LogP contribution >= 0.6 is 34.8 Å². The number of carbonyl (C=O) groups is 1. The highest BCUT2D eigenvalue weighted by molar-refractivity contribution is 6.48. The van der Waals surface area contributed by atoms with Gasteiger partial charge in [0.05, 0.1) is 15.1 Å². The molecule has 0 saturated heterocycles. The fourth-order valence-corrected chi connectivity index (χ4v) is 2.47. The van der Waals surface area contributed by atoms with Crippen molar-refractivity contribution >= 4 is 40.8 Å². The Morgan fingerprint density at radius 1 is 1.12 bits per heavy atom. The van der Waals surface area contributed by atoms with Crippen LogP contribution in [0.4, 0.5) is 0 Å². The second kappa shape index (κ2) is 7.21. The second-order valence-corrected chi connectivity index (χ2v) is 5.87. The first-order valence-electron chi connectivity index (χ1n) is 6.74. The van der Waals surface area contributed by atoms with Crippen LogP contribution in [0.5, 0.6) is 0 Å². The van der Waals surface area contributed by atoms with Gasteiger partial charge in [0, 0.05) is 17.8 Å². The van der Waals surface area contributed by atoms with Crippen LogP contribution in [0.1, 0.15) is 16.2 Å². The number of pyridine rings is 1. The van der Waals surface area contributed by atoms with Gasteiger partial charge in [0.1, 0.15) is 12.3 Å². The van der Waals surface area contributed by atoms with Crippen LogP contribution in [-0.4, -0.2) is 16.1 Å². The first kappa shape index (κ1) is 16.8. The topological polar surface area (TPSA) is 65.2 Å². The van der Waals surface area contributed by atoms with E-state index in [4.69, 9.17) is 44.1 Å². The Morgan fingerprint density at radius 3 is 2.62 bits per heavy atom. The summed E-state index contributed by atoms with van der Waals surface area (Å²) in [6.07, 6.45) is 1.23. The molecular formula is C16H9Cl3N2O3. The van der Waals surface area contributed by atoms with Crippen molar-refractivity contribution in [2.75, 3.05) is 0 Å². The van der Waals surface area contributed by atoms with Gasteiger partial charge < -0.3 is 9.26 Å². The van der Waals surface area contributed by atoms with E-state index in [0.717, 1.165) is 5.56 Å². The Kier molecular flexibility index (Phi) is 5.04. The van der Waals surface area contributed by atoms with Crippen molar-refractivity contribution < 1.29 is 14.1 Å².